The molecule has 1 amide bonds. The number of nitro groups is 1. The maximum absolute atomic E-state index is 12.4. The monoisotopic (exact) mass is 345 g/mol. The van der Waals surface area contributed by atoms with Crippen LogP contribution >= 0.6 is 0 Å². The van der Waals surface area contributed by atoms with Crippen LogP contribution in [0.5, 0.6) is 0 Å². The molecule has 0 saturated carbocycles. The Morgan fingerprint density at radius 3 is 2.54 bits per heavy atom. The molecule has 126 valence electrons. The number of rotatable bonds is 4. The van der Waals surface area contributed by atoms with E-state index in [9.17, 15) is 32.9 Å². The molecular weight excluding hydrogens is 339 g/mol. The Bertz CT molecular complexity index is 832. The highest BCUT2D eigenvalue weighted by Gasteiger charge is 2.40. The minimum atomic E-state index is -5.28. The van der Waals surface area contributed by atoms with Gasteiger partial charge in [0.2, 0.25) is 5.69 Å². The number of anilines is 1. The van der Waals surface area contributed by atoms with Crippen LogP contribution in [0.3, 0.4) is 0 Å². The van der Waals surface area contributed by atoms with Crippen molar-refractivity contribution >= 4 is 23.4 Å². The standard InChI is InChI=1S/C11H6F3N5O5/c12-11(13,14)10(22)15-8-7(9(20)21)16-17-18(8)5-2-1-3-6(4-5)19(23)24/h1-4H,(H,15,22)(H,20,21). The second-order valence-corrected chi connectivity index (χ2v) is 4.23. The van der Waals surface area contributed by atoms with Gasteiger partial charge in [-0.05, 0) is 6.07 Å². The molecule has 0 fully saturated rings. The Kier molecular flexibility index (Phi) is 4.17. The van der Waals surface area contributed by atoms with Crippen molar-refractivity contribution in [1.29, 1.82) is 0 Å². The molecule has 0 saturated heterocycles. The van der Waals surface area contributed by atoms with Crippen molar-refractivity contribution < 1.29 is 32.8 Å². The van der Waals surface area contributed by atoms with Gasteiger partial charge in [-0.25, -0.2) is 4.79 Å². The molecule has 10 nitrogen and oxygen atoms in total. The number of nitrogens with zero attached hydrogens (tertiary/aromatic N) is 4. The smallest absolute Gasteiger partial charge is 0.471 e. The second kappa shape index (κ2) is 5.94. The molecule has 0 aliphatic heterocycles. The first-order valence-corrected chi connectivity index (χ1v) is 5.93. The summed E-state index contributed by atoms with van der Waals surface area (Å²) in [4.78, 5) is 32.0. The normalized spacial score (nSPS) is 11.1. The number of amides is 1. The van der Waals surface area contributed by atoms with Gasteiger partial charge in [-0.3, -0.25) is 14.9 Å². The van der Waals surface area contributed by atoms with Crippen LogP contribution in [0.2, 0.25) is 0 Å². The van der Waals surface area contributed by atoms with E-state index < -0.39 is 40.2 Å². The predicted molar refractivity (Wildman–Crippen MR) is 69.7 cm³/mol. The van der Waals surface area contributed by atoms with Crippen LogP contribution in [-0.2, 0) is 4.79 Å². The SMILES string of the molecule is O=C(O)c1nnn(-c2cccc([N+](=O)[O-])c2)c1NC(=O)C(F)(F)F. The summed E-state index contributed by atoms with van der Waals surface area (Å²) in [6, 6.07) is 4.43. The topological polar surface area (TPSA) is 140 Å². The third-order valence-electron chi connectivity index (χ3n) is 2.65. The largest absolute Gasteiger partial charge is 0.476 e. The first-order valence-electron chi connectivity index (χ1n) is 5.93. The molecule has 0 unspecified atom stereocenters. The van der Waals surface area contributed by atoms with Gasteiger partial charge in [-0.15, -0.1) is 5.10 Å². The van der Waals surface area contributed by atoms with Crippen LogP contribution in [0.1, 0.15) is 10.5 Å². The van der Waals surface area contributed by atoms with Gasteiger partial charge < -0.3 is 10.4 Å². The summed E-state index contributed by atoms with van der Waals surface area (Å²) >= 11 is 0. The Balaban J connectivity index is 2.55. The highest BCUT2D eigenvalue weighted by atomic mass is 19.4. The van der Waals surface area contributed by atoms with Gasteiger partial charge in [0.05, 0.1) is 10.6 Å². The number of alkyl halides is 3. The molecule has 2 rings (SSSR count). The molecule has 0 atom stereocenters. The van der Waals surface area contributed by atoms with Gasteiger partial charge in [-0.1, -0.05) is 11.3 Å². The Labute approximate surface area is 129 Å². The minimum absolute atomic E-state index is 0.165. The lowest BCUT2D eigenvalue weighted by molar-refractivity contribution is -0.384. The molecule has 2 N–H and O–H groups in total. The number of aromatic nitrogens is 3. The Morgan fingerprint density at radius 2 is 2.00 bits per heavy atom. The number of nitrogens with one attached hydrogen (secondary N) is 1. The van der Waals surface area contributed by atoms with Crippen molar-refractivity contribution in [3.63, 3.8) is 0 Å². The zero-order valence-electron chi connectivity index (χ0n) is 11.3. The van der Waals surface area contributed by atoms with E-state index in [0.29, 0.717) is 4.68 Å². The highest BCUT2D eigenvalue weighted by molar-refractivity contribution is 6.00. The van der Waals surface area contributed by atoms with Crippen LogP contribution in [0, 0.1) is 10.1 Å². The fourth-order valence-corrected chi connectivity index (χ4v) is 1.64. The summed E-state index contributed by atoms with van der Waals surface area (Å²) in [7, 11) is 0. The average Bonchev–Trinajstić information content (AvgIpc) is 2.90. The molecular formula is C11H6F3N5O5. The second-order valence-electron chi connectivity index (χ2n) is 4.23. The lowest BCUT2D eigenvalue weighted by Gasteiger charge is -2.10. The van der Waals surface area contributed by atoms with E-state index >= 15 is 0 Å². The Morgan fingerprint density at radius 1 is 1.33 bits per heavy atom. The third-order valence-corrected chi connectivity index (χ3v) is 2.65. The minimum Gasteiger partial charge on any atom is -0.476 e. The van der Waals surface area contributed by atoms with Crippen molar-refractivity contribution in [2.45, 2.75) is 6.18 Å². The average molecular weight is 345 g/mol. The molecule has 0 bridgehead atoms. The van der Waals surface area contributed by atoms with Gasteiger partial charge in [-0.2, -0.15) is 17.9 Å². The number of halogens is 3. The maximum atomic E-state index is 12.4. The number of carboxylic acid groups (broad SMARTS) is 1. The summed E-state index contributed by atoms with van der Waals surface area (Å²) in [5.74, 6) is -5.08. The number of carboxylic acids is 1. The molecule has 0 radical (unpaired) electrons. The van der Waals surface area contributed by atoms with E-state index in [1.54, 1.807) is 0 Å². The van der Waals surface area contributed by atoms with Gasteiger partial charge in [0.15, 0.2) is 5.82 Å². The molecule has 0 aliphatic rings. The van der Waals surface area contributed by atoms with E-state index in [4.69, 9.17) is 5.11 Å². The Hall–Kier alpha value is -3.51. The van der Waals surface area contributed by atoms with Crippen molar-refractivity contribution in [1.82, 2.24) is 15.0 Å². The summed E-state index contributed by atoms with van der Waals surface area (Å²) in [5.41, 5.74) is -1.55. The van der Waals surface area contributed by atoms with E-state index in [1.165, 1.54) is 17.4 Å². The number of hydrogen-bond donors (Lipinski definition) is 2. The van der Waals surface area contributed by atoms with Gasteiger partial charge in [0.1, 0.15) is 0 Å². The molecule has 2 aromatic rings. The fraction of sp³-hybridized carbons (Fsp3) is 0.0909. The van der Waals surface area contributed by atoms with Gasteiger partial charge in [0, 0.05) is 12.1 Å². The van der Waals surface area contributed by atoms with E-state index in [2.05, 4.69) is 10.3 Å². The number of nitro benzene ring substituents is 1. The fourth-order valence-electron chi connectivity index (χ4n) is 1.64. The maximum Gasteiger partial charge on any atom is 0.471 e. The number of aromatic carboxylic acids is 1. The predicted octanol–water partition coefficient (Wildman–Crippen LogP) is 1.37. The first-order chi connectivity index (χ1) is 11.1. The molecule has 1 heterocycles. The number of non-ortho nitro benzene ring substituents is 1. The number of carbonyl (C=O) groups excluding carboxylic acids is 1. The molecule has 24 heavy (non-hydrogen) atoms. The highest BCUT2D eigenvalue weighted by Crippen LogP contribution is 2.24. The van der Waals surface area contributed by atoms with Crippen molar-refractivity contribution in [2.75, 3.05) is 5.32 Å². The van der Waals surface area contributed by atoms with Gasteiger partial charge >= 0.3 is 18.1 Å². The van der Waals surface area contributed by atoms with Crippen molar-refractivity contribution in [2.24, 2.45) is 0 Å². The van der Waals surface area contributed by atoms with E-state index in [1.807, 2.05) is 0 Å². The zero-order valence-corrected chi connectivity index (χ0v) is 11.3. The quantitative estimate of drug-likeness (QED) is 0.630. The molecule has 1 aromatic heterocycles. The summed E-state index contributed by atoms with van der Waals surface area (Å²) in [5, 5.41) is 27.5. The zero-order chi connectivity index (χ0) is 18.1. The first kappa shape index (κ1) is 16.9. The molecule has 0 aliphatic carbocycles. The molecule has 0 spiro atoms. The number of hydrogen-bond acceptors (Lipinski definition) is 6. The third kappa shape index (κ3) is 3.29. The molecule has 1 aromatic carbocycles. The van der Waals surface area contributed by atoms with E-state index in [-0.39, 0.29) is 5.69 Å². The number of carbonyl (C=O) groups is 2. The van der Waals surface area contributed by atoms with E-state index in [0.717, 1.165) is 12.1 Å². The summed E-state index contributed by atoms with van der Waals surface area (Å²) < 4.78 is 37.7. The lowest BCUT2D eigenvalue weighted by atomic mass is 10.3. The lowest BCUT2D eigenvalue weighted by Crippen LogP contribution is -2.31. The van der Waals surface area contributed by atoms with Crippen LogP contribution in [0.25, 0.3) is 5.69 Å². The van der Waals surface area contributed by atoms with Crippen LogP contribution < -0.4 is 5.32 Å². The summed E-state index contributed by atoms with van der Waals surface area (Å²) in [6.45, 7) is 0. The van der Waals surface area contributed by atoms with Gasteiger partial charge in [0.25, 0.3) is 5.69 Å². The van der Waals surface area contributed by atoms with Crippen molar-refractivity contribution in [3.05, 3.63) is 40.1 Å². The van der Waals surface area contributed by atoms with Crippen LogP contribution in [0.15, 0.2) is 24.3 Å². The van der Waals surface area contributed by atoms with Crippen molar-refractivity contribution in [3.8, 4) is 5.69 Å². The molecule has 13 heteroatoms. The van der Waals surface area contributed by atoms with Crippen LogP contribution in [0.4, 0.5) is 24.7 Å². The summed E-state index contributed by atoms with van der Waals surface area (Å²) in [6.07, 6.45) is -5.28. The number of benzene rings is 1. The van der Waals surface area contributed by atoms with Crippen LogP contribution in [-0.4, -0.2) is 43.1 Å².